The average Bonchev–Trinajstić information content (AvgIpc) is 3.02. The number of hydrogen-bond acceptors (Lipinski definition) is 6. The number of thiazole rings is 1. The van der Waals surface area contributed by atoms with Crippen LogP contribution in [0.2, 0.25) is 0 Å². The highest BCUT2D eigenvalue weighted by atomic mass is 32.1. The first kappa shape index (κ1) is 18.9. The summed E-state index contributed by atoms with van der Waals surface area (Å²) in [6.07, 6.45) is 4.06. The number of nitriles is 1. The third kappa shape index (κ3) is 4.28. The lowest BCUT2D eigenvalue weighted by atomic mass is 9.93. The Morgan fingerprint density at radius 3 is 3.00 bits per heavy atom. The first-order valence-electron chi connectivity index (χ1n) is 8.21. The van der Waals surface area contributed by atoms with Crippen LogP contribution in [-0.2, 0) is 12.8 Å². The van der Waals surface area contributed by atoms with Gasteiger partial charge in [-0.3, -0.25) is 10.1 Å². The Morgan fingerprint density at radius 1 is 1.56 bits per heavy atom. The van der Waals surface area contributed by atoms with E-state index in [9.17, 15) is 24.2 Å². The van der Waals surface area contributed by atoms with Crippen molar-refractivity contribution in [2.75, 3.05) is 0 Å². The van der Waals surface area contributed by atoms with Crippen LogP contribution in [0.1, 0.15) is 34.5 Å². The third-order valence-corrected chi connectivity index (χ3v) is 5.41. The maximum absolute atomic E-state index is 12.6. The molecule has 1 aromatic carbocycles. The maximum atomic E-state index is 12.6. The molecule has 2 aromatic rings. The summed E-state index contributed by atoms with van der Waals surface area (Å²) < 4.78 is 29.7. The van der Waals surface area contributed by atoms with Gasteiger partial charge in [-0.05, 0) is 37.3 Å². The molecule has 1 heterocycles. The van der Waals surface area contributed by atoms with Gasteiger partial charge in [-0.1, -0.05) is 6.92 Å². The number of rotatable bonds is 5. The predicted octanol–water partition coefficient (Wildman–Crippen LogP) is 4.84. The van der Waals surface area contributed by atoms with Crippen LogP contribution in [0.3, 0.4) is 0 Å². The first-order valence-corrected chi connectivity index (χ1v) is 9.03. The molecule has 1 aromatic heterocycles. The zero-order valence-electron chi connectivity index (χ0n) is 14.3. The molecule has 6 nitrogen and oxygen atoms in total. The van der Waals surface area contributed by atoms with Gasteiger partial charge in [0, 0.05) is 22.6 Å². The topological polar surface area (TPSA) is 89.0 Å². The molecule has 1 aliphatic carbocycles. The van der Waals surface area contributed by atoms with Gasteiger partial charge in [-0.15, -0.1) is 11.3 Å². The summed E-state index contributed by atoms with van der Waals surface area (Å²) in [5, 5.41) is 21.0. The van der Waals surface area contributed by atoms with E-state index in [1.54, 1.807) is 0 Å². The Kier molecular flexibility index (Phi) is 5.46. The summed E-state index contributed by atoms with van der Waals surface area (Å²) in [5.41, 5.74) is 0.856. The van der Waals surface area contributed by atoms with Crippen LogP contribution >= 0.6 is 11.3 Å². The number of nitro groups is 1. The number of benzene rings is 1. The Bertz CT molecular complexity index is 950. The molecule has 0 amide bonds. The molecule has 0 N–H and O–H groups in total. The average molecular weight is 391 g/mol. The van der Waals surface area contributed by atoms with Crippen LogP contribution in [0, 0.1) is 27.4 Å². The van der Waals surface area contributed by atoms with E-state index in [0.29, 0.717) is 10.9 Å². The quantitative estimate of drug-likeness (QED) is 0.413. The fraction of sp³-hybridized carbons (Fsp3) is 0.333. The van der Waals surface area contributed by atoms with Crippen molar-refractivity contribution in [1.82, 2.24) is 4.98 Å². The lowest BCUT2D eigenvalue weighted by molar-refractivity contribution is -0.384. The van der Waals surface area contributed by atoms with E-state index >= 15 is 0 Å². The number of allylic oxidation sites excluding steroid dienone is 1. The van der Waals surface area contributed by atoms with Crippen molar-refractivity contribution in [3.63, 3.8) is 0 Å². The van der Waals surface area contributed by atoms with E-state index in [-0.39, 0.29) is 22.6 Å². The van der Waals surface area contributed by atoms with Gasteiger partial charge < -0.3 is 4.74 Å². The lowest BCUT2D eigenvalue weighted by Gasteiger charge is -2.15. The van der Waals surface area contributed by atoms with Gasteiger partial charge in [0.25, 0.3) is 5.69 Å². The number of aromatic nitrogens is 1. The van der Waals surface area contributed by atoms with Crippen molar-refractivity contribution in [1.29, 1.82) is 5.26 Å². The first-order chi connectivity index (χ1) is 12.9. The molecule has 1 unspecified atom stereocenters. The third-order valence-electron chi connectivity index (χ3n) is 4.26. The number of alkyl halides is 2. The van der Waals surface area contributed by atoms with Crippen molar-refractivity contribution in [3.05, 3.63) is 49.5 Å². The minimum Gasteiger partial charge on any atom is -0.434 e. The highest BCUT2D eigenvalue weighted by Crippen LogP contribution is 2.34. The van der Waals surface area contributed by atoms with Gasteiger partial charge in [-0.2, -0.15) is 14.0 Å². The minimum atomic E-state index is -3.09. The van der Waals surface area contributed by atoms with Gasteiger partial charge >= 0.3 is 6.61 Å². The molecule has 9 heteroatoms. The van der Waals surface area contributed by atoms with E-state index in [4.69, 9.17) is 0 Å². The largest absolute Gasteiger partial charge is 0.434 e. The number of hydrogen-bond donors (Lipinski definition) is 0. The fourth-order valence-corrected chi connectivity index (χ4v) is 4.16. The van der Waals surface area contributed by atoms with E-state index < -0.39 is 11.5 Å². The Morgan fingerprint density at radius 2 is 2.33 bits per heavy atom. The maximum Gasteiger partial charge on any atom is 0.387 e. The molecule has 0 bridgehead atoms. The van der Waals surface area contributed by atoms with Crippen molar-refractivity contribution in [2.45, 2.75) is 32.8 Å². The van der Waals surface area contributed by atoms with Gasteiger partial charge in [0.05, 0.1) is 16.2 Å². The van der Waals surface area contributed by atoms with Gasteiger partial charge in [0.1, 0.15) is 16.8 Å². The number of fused-ring (bicyclic) bond motifs is 1. The summed E-state index contributed by atoms with van der Waals surface area (Å²) in [4.78, 5) is 16.0. The fourth-order valence-electron chi connectivity index (χ4n) is 2.92. The molecule has 0 saturated heterocycles. The van der Waals surface area contributed by atoms with Crippen LogP contribution in [0.5, 0.6) is 5.75 Å². The Balaban J connectivity index is 2.03. The summed E-state index contributed by atoms with van der Waals surface area (Å²) in [6, 6.07) is 5.29. The number of nitrogens with zero attached hydrogens (tertiary/aromatic N) is 3. The normalized spacial score (nSPS) is 16.7. The van der Waals surface area contributed by atoms with E-state index in [1.807, 2.05) is 6.07 Å². The van der Waals surface area contributed by atoms with Gasteiger partial charge in [0.2, 0.25) is 0 Å². The second-order valence-corrected chi connectivity index (χ2v) is 7.35. The summed E-state index contributed by atoms with van der Waals surface area (Å²) in [6.45, 7) is -0.932. The van der Waals surface area contributed by atoms with Gasteiger partial charge in [0.15, 0.2) is 0 Å². The summed E-state index contributed by atoms with van der Waals surface area (Å²) in [5.74, 6) is 0.307. The monoisotopic (exact) mass is 391 g/mol. The van der Waals surface area contributed by atoms with E-state index in [2.05, 4.69) is 16.6 Å². The van der Waals surface area contributed by atoms with Crippen LogP contribution in [0.15, 0.2) is 18.2 Å². The van der Waals surface area contributed by atoms with Crippen LogP contribution < -0.4 is 4.74 Å². The Hall–Kier alpha value is -2.86. The molecule has 0 fully saturated rings. The summed E-state index contributed by atoms with van der Waals surface area (Å²) in [7, 11) is 0. The highest BCUT2D eigenvalue weighted by Gasteiger charge is 2.22. The molecule has 0 aliphatic heterocycles. The standard InChI is InChI=1S/C18H15F2N3O3S/c1-10-2-4-14-16(6-10)27-17(22-14)12(9-21)7-11-8-13(23(24)25)3-5-15(11)26-18(19)20/h3,5,7-8,10,18H,2,4,6H2,1H3. The van der Waals surface area contributed by atoms with Crippen molar-refractivity contribution >= 4 is 28.7 Å². The predicted molar refractivity (Wildman–Crippen MR) is 96.5 cm³/mol. The van der Waals surface area contributed by atoms with Gasteiger partial charge in [-0.25, -0.2) is 4.98 Å². The minimum absolute atomic E-state index is 0.0302. The molecule has 27 heavy (non-hydrogen) atoms. The molecule has 1 atom stereocenters. The molecule has 0 spiro atoms. The zero-order valence-corrected chi connectivity index (χ0v) is 15.1. The lowest BCUT2D eigenvalue weighted by Crippen LogP contribution is -2.09. The Labute approximate surface area is 157 Å². The summed E-state index contributed by atoms with van der Waals surface area (Å²) >= 11 is 1.40. The second kappa shape index (κ2) is 7.80. The number of halogens is 2. The van der Waals surface area contributed by atoms with Crippen molar-refractivity contribution in [2.24, 2.45) is 5.92 Å². The van der Waals surface area contributed by atoms with E-state index in [0.717, 1.165) is 48.0 Å². The molecular formula is C18H15F2N3O3S. The smallest absolute Gasteiger partial charge is 0.387 e. The number of ether oxygens (including phenoxy) is 1. The number of non-ortho nitro benzene ring substituents is 1. The van der Waals surface area contributed by atoms with Crippen LogP contribution in [0.4, 0.5) is 14.5 Å². The highest BCUT2D eigenvalue weighted by molar-refractivity contribution is 7.13. The second-order valence-electron chi connectivity index (χ2n) is 6.26. The van der Waals surface area contributed by atoms with Crippen LogP contribution in [-0.4, -0.2) is 16.5 Å². The molecule has 3 rings (SSSR count). The molecule has 0 radical (unpaired) electrons. The molecular weight excluding hydrogens is 376 g/mol. The number of aryl methyl sites for hydroxylation is 1. The van der Waals surface area contributed by atoms with Crippen LogP contribution in [0.25, 0.3) is 11.6 Å². The zero-order chi connectivity index (χ0) is 19.6. The molecule has 0 saturated carbocycles. The van der Waals surface area contributed by atoms with Crippen molar-refractivity contribution < 1.29 is 18.4 Å². The molecule has 140 valence electrons. The van der Waals surface area contributed by atoms with E-state index in [1.165, 1.54) is 17.4 Å². The van der Waals surface area contributed by atoms with Crippen molar-refractivity contribution in [3.8, 4) is 11.8 Å². The number of nitro benzene ring substituents is 1. The molecule has 1 aliphatic rings. The SMILES string of the molecule is CC1CCc2nc(C(C#N)=Cc3cc([N+](=O)[O-])ccc3OC(F)F)sc2C1.